The first-order valence-electron chi connectivity index (χ1n) is 9.61. The molecule has 0 heterocycles. The lowest BCUT2D eigenvalue weighted by Gasteiger charge is -2.22. The van der Waals surface area contributed by atoms with Gasteiger partial charge in [-0.3, -0.25) is 9.10 Å². The van der Waals surface area contributed by atoms with E-state index in [4.69, 9.17) is 16.3 Å². The standard InChI is InChI=1S/C21H26ClFN2O4S2/c1-29-17-10-8-16(9-11-17)25(31(2,27)28)13-4-7-21(26)24-12-14-30-15-18-19(22)5-3-6-20(18)23/h3,5-6,8-11H,4,7,12-15H2,1-2H3,(H,24,26). The Labute approximate surface area is 192 Å². The average Bonchev–Trinajstić information content (AvgIpc) is 2.72. The second kappa shape index (κ2) is 12.2. The number of thioether (sulfide) groups is 1. The first-order valence-corrected chi connectivity index (χ1v) is 13.0. The van der Waals surface area contributed by atoms with E-state index in [9.17, 15) is 17.6 Å². The van der Waals surface area contributed by atoms with Gasteiger partial charge in [-0.2, -0.15) is 11.8 Å². The van der Waals surface area contributed by atoms with Gasteiger partial charge in [0.25, 0.3) is 0 Å². The molecule has 10 heteroatoms. The van der Waals surface area contributed by atoms with Crippen molar-refractivity contribution in [2.75, 3.05) is 36.5 Å². The second-order valence-electron chi connectivity index (χ2n) is 6.74. The van der Waals surface area contributed by atoms with Gasteiger partial charge in [-0.25, -0.2) is 12.8 Å². The summed E-state index contributed by atoms with van der Waals surface area (Å²) in [6.45, 7) is 0.628. The number of ether oxygens (including phenoxy) is 1. The van der Waals surface area contributed by atoms with Crippen LogP contribution in [0.25, 0.3) is 0 Å². The number of carbonyl (C=O) groups excluding carboxylic acids is 1. The molecule has 170 valence electrons. The molecule has 0 fully saturated rings. The maximum absolute atomic E-state index is 13.7. The summed E-state index contributed by atoms with van der Waals surface area (Å²) >= 11 is 7.46. The van der Waals surface area contributed by atoms with Crippen LogP contribution in [0.5, 0.6) is 5.75 Å². The highest BCUT2D eigenvalue weighted by Crippen LogP contribution is 2.24. The highest BCUT2D eigenvalue weighted by Gasteiger charge is 2.17. The van der Waals surface area contributed by atoms with E-state index in [0.29, 0.717) is 46.5 Å². The van der Waals surface area contributed by atoms with Gasteiger partial charge in [-0.05, 0) is 42.8 Å². The molecule has 0 unspecified atom stereocenters. The molecule has 0 atom stereocenters. The summed E-state index contributed by atoms with van der Waals surface area (Å²) in [6.07, 6.45) is 1.71. The minimum atomic E-state index is -3.48. The Morgan fingerprint density at radius 2 is 1.94 bits per heavy atom. The number of methoxy groups -OCH3 is 1. The fourth-order valence-corrected chi connectivity index (χ4v) is 4.98. The number of rotatable bonds is 12. The quantitative estimate of drug-likeness (QED) is 0.455. The molecule has 2 aromatic carbocycles. The number of sulfonamides is 1. The summed E-state index contributed by atoms with van der Waals surface area (Å²) in [7, 11) is -1.94. The Balaban J connectivity index is 1.73. The van der Waals surface area contributed by atoms with Gasteiger partial charge in [0.1, 0.15) is 11.6 Å². The van der Waals surface area contributed by atoms with Gasteiger partial charge in [0, 0.05) is 41.6 Å². The van der Waals surface area contributed by atoms with E-state index in [0.717, 1.165) is 6.26 Å². The highest BCUT2D eigenvalue weighted by molar-refractivity contribution is 7.98. The van der Waals surface area contributed by atoms with Gasteiger partial charge in [-0.15, -0.1) is 0 Å². The lowest BCUT2D eigenvalue weighted by atomic mass is 10.2. The third-order valence-electron chi connectivity index (χ3n) is 4.40. The van der Waals surface area contributed by atoms with E-state index in [1.165, 1.54) is 29.2 Å². The van der Waals surface area contributed by atoms with Crippen molar-refractivity contribution in [2.45, 2.75) is 18.6 Å². The lowest BCUT2D eigenvalue weighted by Crippen LogP contribution is -2.32. The molecule has 1 N–H and O–H groups in total. The van der Waals surface area contributed by atoms with E-state index in [1.807, 2.05) is 0 Å². The number of benzene rings is 2. The number of hydrogen-bond donors (Lipinski definition) is 1. The number of halogens is 2. The minimum absolute atomic E-state index is 0.160. The summed E-state index contributed by atoms with van der Waals surface area (Å²) in [5, 5.41) is 3.19. The molecule has 6 nitrogen and oxygen atoms in total. The van der Waals surface area contributed by atoms with Gasteiger partial charge >= 0.3 is 0 Å². The van der Waals surface area contributed by atoms with Crippen LogP contribution in [0.1, 0.15) is 18.4 Å². The molecule has 0 aliphatic carbocycles. The summed E-state index contributed by atoms with van der Waals surface area (Å²) in [6, 6.07) is 11.3. The fourth-order valence-electron chi connectivity index (χ4n) is 2.81. The van der Waals surface area contributed by atoms with Crippen molar-refractivity contribution in [3.8, 4) is 5.75 Å². The summed E-state index contributed by atoms with van der Waals surface area (Å²) < 4.78 is 44.3. The maximum atomic E-state index is 13.7. The molecular formula is C21H26ClFN2O4S2. The van der Waals surface area contributed by atoms with Crippen molar-refractivity contribution in [1.29, 1.82) is 0 Å². The van der Waals surface area contributed by atoms with Crippen molar-refractivity contribution in [3.05, 3.63) is 58.9 Å². The largest absolute Gasteiger partial charge is 0.497 e. The van der Waals surface area contributed by atoms with Crippen molar-refractivity contribution in [1.82, 2.24) is 5.32 Å². The lowest BCUT2D eigenvalue weighted by molar-refractivity contribution is -0.121. The maximum Gasteiger partial charge on any atom is 0.232 e. The summed E-state index contributed by atoms with van der Waals surface area (Å²) in [4.78, 5) is 12.0. The third kappa shape index (κ3) is 8.23. The van der Waals surface area contributed by atoms with Gasteiger partial charge in [0.2, 0.25) is 15.9 Å². The molecule has 2 rings (SSSR count). The summed E-state index contributed by atoms with van der Waals surface area (Å²) in [5.41, 5.74) is 0.979. The molecule has 0 aliphatic heterocycles. The Morgan fingerprint density at radius 1 is 1.23 bits per heavy atom. The summed E-state index contributed by atoms with van der Waals surface area (Å²) in [5.74, 6) is 1.17. The first-order chi connectivity index (χ1) is 14.7. The van der Waals surface area contributed by atoms with Crippen LogP contribution in [0.4, 0.5) is 10.1 Å². The van der Waals surface area contributed by atoms with E-state index in [1.54, 1.807) is 36.4 Å². The monoisotopic (exact) mass is 488 g/mol. The Kier molecular flexibility index (Phi) is 9.93. The van der Waals surface area contributed by atoms with Crippen LogP contribution in [0.3, 0.4) is 0 Å². The average molecular weight is 489 g/mol. The number of nitrogens with zero attached hydrogens (tertiary/aromatic N) is 1. The predicted octanol–water partition coefficient (Wildman–Crippen LogP) is 4.08. The zero-order chi connectivity index (χ0) is 22.9. The van der Waals surface area contributed by atoms with E-state index in [2.05, 4.69) is 5.32 Å². The zero-order valence-electron chi connectivity index (χ0n) is 17.4. The van der Waals surface area contributed by atoms with Crippen LogP contribution in [0.15, 0.2) is 42.5 Å². The molecule has 31 heavy (non-hydrogen) atoms. The van der Waals surface area contributed by atoms with Crippen LogP contribution >= 0.6 is 23.4 Å². The van der Waals surface area contributed by atoms with Crippen LogP contribution in [0, 0.1) is 5.82 Å². The minimum Gasteiger partial charge on any atom is -0.497 e. The smallest absolute Gasteiger partial charge is 0.232 e. The molecule has 0 spiro atoms. The van der Waals surface area contributed by atoms with E-state index in [-0.39, 0.29) is 24.7 Å². The van der Waals surface area contributed by atoms with Crippen LogP contribution in [0.2, 0.25) is 5.02 Å². The van der Waals surface area contributed by atoms with Crippen LogP contribution in [-0.4, -0.2) is 46.5 Å². The molecule has 0 aliphatic rings. The Morgan fingerprint density at radius 3 is 2.55 bits per heavy atom. The molecule has 0 bridgehead atoms. The van der Waals surface area contributed by atoms with Gasteiger partial charge in [0.15, 0.2) is 0 Å². The van der Waals surface area contributed by atoms with Crippen molar-refractivity contribution < 1.29 is 22.3 Å². The second-order valence-corrected chi connectivity index (χ2v) is 10.2. The molecule has 2 aromatic rings. The normalized spacial score (nSPS) is 11.2. The first kappa shape index (κ1) is 25.3. The molecule has 1 amide bonds. The van der Waals surface area contributed by atoms with Crippen LogP contribution < -0.4 is 14.4 Å². The zero-order valence-corrected chi connectivity index (χ0v) is 19.8. The van der Waals surface area contributed by atoms with Gasteiger partial charge in [0.05, 0.1) is 19.1 Å². The number of hydrogen-bond acceptors (Lipinski definition) is 5. The fraction of sp³-hybridized carbons (Fsp3) is 0.381. The SMILES string of the molecule is COc1ccc(N(CCCC(=O)NCCSCc2c(F)cccc2Cl)S(C)(=O)=O)cc1. The third-order valence-corrected chi connectivity index (χ3v) is 6.94. The van der Waals surface area contributed by atoms with E-state index >= 15 is 0 Å². The van der Waals surface area contributed by atoms with Crippen LogP contribution in [-0.2, 0) is 20.6 Å². The Bertz CT molecular complexity index is 952. The molecule has 0 saturated heterocycles. The van der Waals surface area contributed by atoms with Gasteiger partial charge in [-0.1, -0.05) is 17.7 Å². The number of anilines is 1. The molecule has 0 radical (unpaired) electrons. The molecular weight excluding hydrogens is 463 g/mol. The predicted molar refractivity (Wildman–Crippen MR) is 125 cm³/mol. The number of amides is 1. The molecule has 0 saturated carbocycles. The van der Waals surface area contributed by atoms with Crippen molar-refractivity contribution in [3.63, 3.8) is 0 Å². The Hall–Kier alpha value is -1.97. The topological polar surface area (TPSA) is 75.7 Å². The van der Waals surface area contributed by atoms with Crippen molar-refractivity contribution >= 4 is 45.0 Å². The van der Waals surface area contributed by atoms with Crippen molar-refractivity contribution in [2.24, 2.45) is 0 Å². The van der Waals surface area contributed by atoms with E-state index < -0.39 is 10.0 Å². The number of nitrogens with one attached hydrogen (secondary N) is 1. The number of carbonyl (C=O) groups is 1. The molecule has 0 aromatic heterocycles. The van der Waals surface area contributed by atoms with Gasteiger partial charge < -0.3 is 10.1 Å². The highest BCUT2D eigenvalue weighted by atomic mass is 35.5.